The fourth-order valence-corrected chi connectivity index (χ4v) is 2.82. The number of hydrogen-bond donors (Lipinski definition) is 2. The van der Waals surface area contributed by atoms with Crippen LogP contribution in [0.15, 0.2) is 42.9 Å². The number of aromatic nitrogens is 4. The van der Waals surface area contributed by atoms with Crippen LogP contribution in [0.1, 0.15) is 45.1 Å². The summed E-state index contributed by atoms with van der Waals surface area (Å²) in [4.78, 5) is 31.5. The standard InChI is InChI=1S/C18H13ClF3N5O3/c1-9(26-16(28)11-4-12(18(20,21)22)6-13(19)5-11)15-24-8-25-27(15)14-3-2-10(7-23-14)17(29)30/h2-9H,1H3,(H,26,28)(H,29,30)/t9-/m0/s1. The highest BCUT2D eigenvalue weighted by Gasteiger charge is 2.32. The van der Waals surface area contributed by atoms with Crippen LogP contribution in [0.3, 0.4) is 0 Å². The van der Waals surface area contributed by atoms with E-state index in [1.165, 1.54) is 23.1 Å². The third-order valence-electron chi connectivity index (χ3n) is 4.01. The van der Waals surface area contributed by atoms with Crippen LogP contribution in [-0.2, 0) is 6.18 Å². The lowest BCUT2D eigenvalue weighted by Crippen LogP contribution is -2.29. The number of carbonyl (C=O) groups excluding carboxylic acids is 1. The SMILES string of the molecule is C[C@H](NC(=O)c1cc(Cl)cc(C(F)(F)F)c1)c1ncnn1-c1ccc(C(=O)O)cn1. The second-order valence-corrected chi connectivity index (χ2v) is 6.60. The van der Waals surface area contributed by atoms with E-state index in [1.54, 1.807) is 6.92 Å². The van der Waals surface area contributed by atoms with Gasteiger partial charge in [0.05, 0.1) is 17.2 Å². The summed E-state index contributed by atoms with van der Waals surface area (Å²) in [5.41, 5.74) is -1.33. The molecule has 0 aliphatic carbocycles. The van der Waals surface area contributed by atoms with Crippen molar-refractivity contribution in [2.75, 3.05) is 0 Å². The molecule has 1 atom stereocenters. The van der Waals surface area contributed by atoms with Crippen LogP contribution in [0.25, 0.3) is 5.82 Å². The predicted molar refractivity (Wildman–Crippen MR) is 98.4 cm³/mol. The summed E-state index contributed by atoms with van der Waals surface area (Å²) in [5, 5.41) is 15.2. The number of carbonyl (C=O) groups is 2. The highest BCUT2D eigenvalue weighted by atomic mass is 35.5. The molecular formula is C18H13ClF3N5O3. The molecule has 0 fully saturated rings. The van der Waals surface area contributed by atoms with Gasteiger partial charge in [0.25, 0.3) is 5.91 Å². The van der Waals surface area contributed by atoms with Crippen molar-refractivity contribution in [3.8, 4) is 5.82 Å². The lowest BCUT2D eigenvalue weighted by molar-refractivity contribution is -0.137. The molecule has 1 amide bonds. The molecule has 0 aliphatic rings. The van der Waals surface area contributed by atoms with Crippen molar-refractivity contribution < 1.29 is 27.9 Å². The molecule has 0 saturated carbocycles. The van der Waals surface area contributed by atoms with Gasteiger partial charge in [-0.15, -0.1) is 0 Å². The van der Waals surface area contributed by atoms with Gasteiger partial charge in [-0.2, -0.15) is 23.0 Å². The number of aromatic carboxylic acids is 1. The average Bonchev–Trinajstić information content (AvgIpc) is 3.16. The highest BCUT2D eigenvalue weighted by molar-refractivity contribution is 6.31. The van der Waals surface area contributed by atoms with Gasteiger partial charge >= 0.3 is 12.1 Å². The minimum absolute atomic E-state index is 0.0248. The summed E-state index contributed by atoms with van der Waals surface area (Å²) >= 11 is 5.72. The van der Waals surface area contributed by atoms with Crippen LogP contribution in [0.5, 0.6) is 0 Å². The van der Waals surface area contributed by atoms with Gasteiger partial charge in [0, 0.05) is 16.8 Å². The summed E-state index contributed by atoms with van der Waals surface area (Å²) in [6.07, 6.45) is -2.32. The quantitative estimate of drug-likeness (QED) is 0.629. The minimum Gasteiger partial charge on any atom is -0.478 e. The van der Waals surface area contributed by atoms with E-state index in [-0.39, 0.29) is 27.8 Å². The summed E-state index contributed by atoms with van der Waals surface area (Å²) in [6, 6.07) is 4.51. The fraction of sp³-hybridized carbons (Fsp3) is 0.167. The van der Waals surface area contributed by atoms with Gasteiger partial charge in [0.2, 0.25) is 0 Å². The van der Waals surface area contributed by atoms with Gasteiger partial charge in [0.15, 0.2) is 11.6 Å². The Labute approximate surface area is 172 Å². The number of nitrogens with one attached hydrogen (secondary N) is 1. The molecule has 0 radical (unpaired) electrons. The van der Waals surface area contributed by atoms with E-state index >= 15 is 0 Å². The van der Waals surface area contributed by atoms with Crippen LogP contribution < -0.4 is 5.32 Å². The van der Waals surface area contributed by atoms with Gasteiger partial charge in [-0.3, -0.25) is 4.79 Å². The molecule has 0 spiro atoms. The predicted octanol–water partition coefficient (Wildman–Crippen LogP) is 3.52. The Morgan fingerprint density at radius 1 is 1.17 bits per heavy atom. The van der Waals surface area contributed by atoms with Gasteiger partial charge in [-0.05, 0) is 37.3 Å². The summed E-state index contributed by atoms with van der Waals surface area (Å²) in [5.74, 6) is -1.46. The third-order valence-corrected chi connectivity index (χ3v) is 4.23. The Balaban J connectivity index is 1.83. The number of pyridine rings is 1. The topological polar surface area (TPSA) is 110 Å². The first kappa shape index (κ1) is 21.2. The average molecular weight is 440 g/mol. The third kappa shape index (κ3) is 4.57. The maximum atomic E-state index is 13.0. The maximum absolute atomic E-state index is 13.0. The van der Waals surface area contributed by atoms with Crippen molar-refractivity contribution in [1.29, 1.82) is 0 Å². The fourth-order valence-electron chi connectivity index (χ4n) is 2.59. The van der Waals surface area contributed by atoms with Crippen molar-refractivity contribution in [3.05, 3.63) is 70.4 Å². The molecule has 2 aromatic heterocycles. The number of rotatable bonds is 5. The Bertz CT molecular complexity index is 1100. The lowest BCUT2D eigenvalue weighted by atomic mass is 10.1. The van der Waals surface area contributed by atoms with E-state index in [4.69, 9.17) is 16.7 Å². The number of carboxylic acid groups (broad SMARTS) is 1. The Hall–Kier alpha value is -3.47. The second kappa shape index (κ2) is 8.11. The Kier molecular flexibility index (Phi) is 5.74. The van der Waals surface area contributed by atoms with E-state index in [0.29, 0.717) is 6.07 Å². The largest absolute Gasteiger partial charge is 0.478 e. The Morgan fingerprint density at radius 2 is 1.90 bits per heavy atom. The number of carboxylic acids is 1. The van der Waals surface area contributed by atoms with E-state index in [1.807, 2.05) is 0 Å². The number of benzene rings is 1. The van der Waals surface area contributed by atoms with Crippen molar-refractivity contribution in [2.45, 2.75) is 19.1 Å². The van der Waals surface area contributed by atoms with Crippen molar-refractivity contribution in [1.82, 2.24) is 25.1 Å². The highest BCUT2D eigenvalue weighted by Crippen LogP contribution is 2.32. The number of hydrogen-bond acceptors (Lipinski definition) is 5. The molecule has 2 N–H and O–H groups in total. The number of nitrogens with zero attached hydrogens (tertiary/aromatic N) is 4. The lowest BCUT2D eigenvalue weighted by Gasteiger charge is -2.15. The van der Waals surface area contributed by atoms with Crippen LogP contribution in [0, 0.1) is 0 Å². The molecule has 0 aliphatic heterocycles. The van der Waals surface area contributed by atoms with Gasteiger partial charge in [0.1, 0.15) is 6.33 Å². The van der Waals surface area contributed by atoms with Crippen LogP contribution >= 0.6 is 11.6 Å². The monoisotopic (exact) mass is 439 g/mol. The van der Waals surface area contributed by atoms with E-state index in [0.717, 1.165) is 18.3 Å². The molecule has 0 bridgehead atoms. The summed E-state index contributed by atoms with van der Waals surface area (Å²) in [7, 11) is 0. The molecule has 30 heavy (non-hydrogen) atoms. The zero-order valence-electron chi connectivity index (χ0n) is 15.2. The second-order valence-electron chi connectivity index (χ2n) is 6.16. The molecule has 156 valence electrons. The summed E-state index contributed by atoms with van der Waals surface area (Å²) in [6.45, 7) is 1.55. The van der Waals surface area contributed by atoms with E-state index in [2.05, 4.69) is 20.4 Å². The smallest absolute Gasteiger partial charge is 0.416 e. The first-order valence-electron chi connectivity index (χ1n) is 8.34. The molecule has 0 unspecified atom stereocenters. The molecule has 2 heterocycles. The molecule has 3 aromatic rings. The van der Waals surface area contributed by atoms with Gasteiger partial charge < -0.3 is 10.4 Å². The molecule has 12 heteroatoms. The molecular weight excluding hydrogens is 427 g/mol. The molecule has 8 nitrogen and oxygen atoms in total. The van der Waals surface area contributed by atoms with Crippen molar-refractivity contribution in [2.24, 2.45) is 0 Å². The zero-order chi connectivity index (χ0) is 22.1. The molecule has 1 aromatic carbocycles. The summed E-state index contributed by atoms with van der Waals surface area (Å²) < 4.78 is 40.2. The Morgan fingerprint density at radius 3 is 2.50 bits per heavy atom. The molecule has 0 saturated heterocycles. The van der Waals surface area contributed by atoms with Crippen LogP contribution in [0.2, 0.25) is 5.02 Å². The van der Waals surface area contributed by atoms with Crippen LogP contribution in [-0.4, -0.2) is 36.7 Å². The first-order valence-corrected chi connectivity index (χ1v) is 8.72. The minimum atomic E-state index is -4.65. The van der Waals surface area contributed by atoms with Gasteiger partial charge in [-0.25, -0.2) is 14.8 Å². The van der Waals surface area contributed by atoms with Crippen molar-refractivity contribution in [3.63, 3.8) is 0 Å². The zero-order valence-corrected chi connectivity index (χ0v) is 15.9. The maximum Gasteiger partial charge on any atom is 0.416 e. The van der Waals surface area contributed by atoms with Crippen molar-refractivity contribution >= 4 is 23.5 Å². The van der Waals surface area contributed by atoms with E-state index < -0.39 is 29.7 Å². The number of amides is 1. The van der Waals surface area contributed by atoms with Crippen LogP contribution in [0.4, 0.5) is 13.2 Å². The molecule has 3 rings (SSSR count). The van der Waals surface area contributed by atoms with E-state index in [9.17, 15) is 22.8 Å². The number of halogens is 4. The normalized spacial score (nSPS) is 12.4. The first-order chi connectivity index (χ1) is 14.1. The van der Waals surface area contributed by atoms with Gasteiger partial charge in [-0.1, -0.05) is 11.6 Å². The number of alkyl halides is 3.